The second kappa shape index (κ2) is 7.09. The van der Waals surface area contributed by atoms with Gasteiger partial charge in [0, 0.05) is 25.4 Å². The van der Waals surface area contributed by atoms with Gasteiger partial charge in [-0.3, -0.25) is 4.79 Å². The van der Waals surface area contributed by atoms with Gasteiger partial charge < -0.3 is 10.0 Å². The van der Waals surface area contributed by atoms with Gasteiger partial charge in [0.2, 0.25) is 0 Å². The van der Waals surface area contributed by atoms with Crippen LogP contribution in [0.1, 0.15) is 36.2 Å². The molecule has 1 aliphatic rings. The van der Waals surface area contributed by atoms with Crippen molar-refractivity contribution in [2.24, 2.45) is 0 Å². The molecule has 0 spiro atoms. The number of para-hydroxylation sites is 1. The number of rotatable bonds is 4. The van der Waals surface area contributed by atoms with E-state index >= 15 is 0 Å². The maximum absolute atomic E-state index is 13.8. The summed E-state index contributed by atoms with van der Waals surface area (Å²) in [5.41, 5.74) is -0.162. The van der Waals surface area contributed by atoms with Crippen molar-refractivity contribution in [3.63, 3.8) is 0 Å². The second-order valence-corrected chi connectivity index (χ2v) is 5.88. The lowest BCUT2D eigenvalue weighted by atomic mass is 9.99. The molecule has 1 fully saturated rings. The van der Waals surface area contributed by atoms with Crippen molar-refractivity contribution in [2.75, 3.05) is 13.2 Å². The molecule has 5 nitrogen and oxygen atoms in total. The Hall–Kier alpha value is -2.28. The van der Waals surface area contributed by atoms with Gasteiger partial charge in [-0.2, -0.15) is 5.10 Å². The third-order valence-corrected chi connectivity index (χ3v) is 4.33. The van der Waals surface area contributed by atoms with E-state index in [2.05, 4.69) is 5.10 Å². The topological polar surface area (TPSA) is 58.4 Å². The summed E-state index contributed by atoms with van der Waals surface area (Å²) in [6.07, 6.45) is 4.66. The van der Waals surface area contributed by atoms with Crippen molar-refractivity contribution in [1.82, 2.24) is 14.7 Å². The molecule has 24 heavy (non-hydrogen) atoms. The first-order chi connectivity index (χ1) is 11.6. The summed E-state index contributed by atoms with van der Waals surface area (Å²) in [7, 11) is 0. The molecular formula is C17H19F2N3O2. The highest BCUT2D eigenvalue weighted by Crippen LogP contribution is 2.22. The SMILES string of the molecule is O=C(c1ccn(-c2c(F)cccc2F)n1)N1CCCCC1CCO. The molecule has 128 valence electrons. The Morgan fingerprint density at radius 1 is 1.25 bits per heavy atom. The number of aliphatic hydroxyl groups is 1. The van der Waals surface area contributed by atoms with Crippen molar-refractivity contribution in [3.8, 4) is 5.69 Å². The van der Waals surface area contributed by atoms with Gasteiger partial charge in [-0.05, 0) is 43.9 Å². The number of aliphatic hydroxyl groups excluding tert-OH is 1. The summed E-state index contributed by atoms with van der Waals surface area (Å²) in [6, 6.07) is 4.99. The Morgan fingerprint density at radius 2 is 2.00 bits per heavy atom. The van der Waals surface area contributed by atoms with Crippen LogP contribution in [0.15, 0.2) is 30.5 Å². The summed E-state index contributed by atoms with van der Waals surface area (Å²) < 4.78 is 28.7. The highest BCUT2D eigenvalue weighted by molar-refractivity contribution is 5.92. The number of carbonyl (C=O) groups is 1. The first-order valence-electron chi connectivity index (χ1n) is 8.03. The van der Waals surface area contributed by atoms with Crippen LogP contribution in [0, 0.1) is 11.6 Å². The van der Waals surface area contributed by atoms with Crippen LogP contribution in [0.4, 0.5) is 8.78 Å². The number of amides is 1. The fraction of sp³-hybridized carbons (Fsp3) is 0.412. The highest BCUT2D eigenvalue weighted by atomic mass is 19.1. The number of halogens is 2. The molecule has 1 aliphatic heterocycles. The van der Waals surface area contributed by atoms with Gasteiger partial charge in [0.1, 0.15) is 5.69 Å². The molecule has 7 heteroatoms. The van der Waals surface area contributed by atoms with Gasteiger partial charge >= 0.3 is 0 Å². The van der Waals surface area contributed by atoms with E-state index in [1.807, 2.05) is 0 Å². The number of benzene rings is 1. The van der Waals surface area contributed by atoms with E-state index in [4.69, 9.17) is 5.11 Å². The van der Waals surface area contributed by atoms with Crippen LogP contribution in [-0.4, -0.2) is 44.9 Å². The van der Waals surface area contributed by atoms with Crippen LogP contribution in [0.5, 0.6) is 0 Å². The third-order valence-electron chi connectivity index (χ3n) is 4.33. The number of hydrogen-bond donors (Lipinski definition) is 1. The minimum Gasteiger partial charge on any atom is -0.396 e. The lowest BCUT2D eigenvalue weighted by Gasteiger charge is -2.35. The first kappa shape index (κ1) is 16.6. The molecular weight excluding hydrogens is 316 g/mol. The fourth-order valence-corrected chi connectivity index (χ4v) is 3.13. The molecule has 1 N–H and O–H groups in total. The molecule has 2 heterocycles. The molecule has 3 rings (SSSR count). The first-order valence-corrected chi connectivity index (χ1v) is 8.03. The molecule has 0 bridgehead atoms. The molecule has 0 aliphatic carbocycles. The predicted octanol–water partition coefficient (Wildman–Crippen LogP) is 2.53. The van der Waals surface area contributed by atoms with Crippen molar-refractivity contribution in [1.29, 1.82) is 0 Å². The summed E-state index contributed by atoms with van der Waals surface area (Å²) in [5.74, 6) is -1.76. The zero-order valence-electron chi connectivity index (χ0n) is 13.2. The molecule has 1 atom stereocenters. The van der Waals surface area contributed by atoms with Crippen molar-refractivity contribution in [3.05, 3.63) is 47.8 Å². The van der Waals surface area contributed by atoms with Gasteiger partial charge in [-0.1, -0.05) is 6.07 Å². The maximum atomic E-state index is 13.8. The zero-order valence-corrected chi connectivity index (χ0v) is 13.2. The zero-order chi connectivity index (χ0) is 17.1. The number of hydrogen-bond acceptors (Lipinski definition) is 3. The average molecular weight is 335 g/mol. The molecule has 2 aromatic rings. The number of carbonyl (C=O) groups excluding carboxylic acids is 1. The van der Waals surface area contributed by atoms with Gasteiger partial charge in [0.05, 0.1) is 0 Å². The maximum Gasteiger partial charge on any atom is 0.274 e. The normalized spacial score (nSPS) is 18.0. The standard InChI is InChI=1S/C17H19F2N3O2/c18-13-5-3-6-14(19)16(13)22-10-7-15(20-22)17(24)21-9-2-1-4-12(21)8-11-23/h3,5-7,10,12,23H,1-2,4,8-9,11H2. The lowest BCUT2D eigenvalue weighted by Crippen LogP contribution is -2.44. The number of likely N-dealkylation sites (tertiary alicyclic amines) is 1. The van der Waals surface area contributed by atoms with Crippen LogP contribution < -0.4 is 0 Å². The third kappa shape index (κ3) is 3.17. The van der Waals surface area contributed by atoms with Crippen molar-refractivity contribution in [2.45, 2.75) is 31.7 Å². The Bertz CT molecular complexity index is 710. The predicted molar refractivity (Wildman–Crippen MR) is 83.9 cm³/mol. The van der Waals surface area contributed by atoms with E-state index in [1.54, 1.807) is 4.90 Å². The lowest BCUT2D eigenvalue weighted by molar-refractivity contribution is 0.0568. The second-order valence-electron chi connectivity index (χ2n) is 5.88. The fourth-order valence-electron chi connectivity index (χ4n) is 3.13. The molecule has 0 radical (unpaired) electrons. The average Bonchev–Trinajstić information content (AvgIpc) is 3.04. The summed E-state index contributed by atoms with van der Waals surface area (Å²) in [5, 5.41) is 13.2. The Balaban J connectivity index is 1.86. The van der Waals surface area contributed by atoms with E-state index < -0.39 is 11.6 Å². The molecule has 1 amide bonds. The number of nitrogens with zero attached hydrogens (tertiary/aromatic N) is 3. The van der Waals surface area contributed by atoms with E-state index in [-0.39, 0.29) is 29.9 Å². The van der Waals surface area contributed by atoms with E-state index in [1.165, 1.54) is 18.3 Å². The van der Waals surface area contributed by atoms with E-state index in [9.17, 15) is 13.6 Å². The minimum absolute atomic E-state index is 0.0172. The van der Waals surface area contributed by atoms with E-state index in [0.29, 0.717) is 13.0 Å². The molecule has 1 aromatic heterocycles. The molecule has 0 saturated carbocycles. The smallest absolute Gasteiger partial charge is 0.274 e. The Labute approximate surface area is 138 Å². The number of aromatic nitrogens is 2. The van der Waals surface area contributed by atoms with Crippen molar-refractivity contribution < 1.29 is 18.7 Å². The summed E-state index contributed by atoms with van der Waals surface area (Å²) >= 11 is 0. The van der Waals surface area contributed by atoms with Gasteiger partial charge in [0.15, 0.2) is 17.3 Å². The van der Waals surface area contributed by atoms with Crippen LogP contribution in [-0.2, 0) is 0 Å². The van der Waals surface area contributed by atoms with E-state index in [0.717, 1.165) is 36.1 Å². The van der Waals surface area contributed by atoms with Gasteiger partial charge in [-0.15, -0.1) is 0 Å². The number of piperidine rings is 1. The summed E-state index contributed by atoms with van der Waals surface area (Å²) in [4.78, 5) is 14.4. The van der Waals surface area contributed by atoms with Crippen molar-refractivity contribution >= 4 is 5.91 Å². The largest absolute Gasteiger partial charge is 0.396 e. The molecule has 1 saturated heterocycles. The van der Waals surface area contributed by atoms with Crippen LogP contribution in [0.3, 0.4) is 0 Å². The Morgan fingerprint density at radius 3 is 2.71 bits per heavy atom. The molecule has 1 aromatic carbocycles. The van der Waals surface area contributed by atoms with Gasteiger partial charge in [0.25, 0.3) is 5.91 Å². The quantitative estimate of drug-likeness (QED) is 0.934. The molecule has 1 unspecified atom stereocenters. The van der Waals surface area contributed by atoms with Crippen LogP contribution in [0.25, 0.3) is 5.69 Å². The highest BCUT2D eigenvalue weighted by Gasteiger charge is 2.28. The van der Waals surface area contributed by atoms with Crippen LogP contribution >= 0.6 is 0 Å². The Kier molecular flexibility index (Phi) is 4.89. The monoisotopic (exact) mass is 335 g/mol. The van der Waals surface area contributed by atoms with Gasteiger partial charge in [-0.25, -0.2) is 13.5 Å². The summed E-state index contributed by atoms with van der Waals surface area (Å²) in [6.45, 7) is 0.619. The van der Waals surface area contributed by atoms with Crippen LogP contribution in [0.2, 0.25) is 0 Å². The minimum atomic E-state index is -0.742.